The topological polar surface area (TPSA) is 67.9 Å². The molecule has 0 atom stereocenters. The Morgan fingerprint density at radius 3 is 2.64 bits per heavy atom. The zero-order valence-corrected chi connectivity index (χ0v) is 18.9. The largest absolute Gasteiger partial charge is 0.454 e. The molecule has 6 nitrogen and oxygen atoms in total. The van der Waals surface area contributed by atoms with Gasteiger partial charge in [-0.15, -0.1) is 0 Å². The summed E-state index contributed by atoms with van der Waals surface area (Å²) in [5.74, 6) is 0.862. The first-order valence-electron chi connectivity index (χ1n) is 10.6. The van der Waals surface area contributed by atoms with Crippen molar-refractivity contribution < 1.29 is 19.1 Å². The third kappa shape index (κ3) is 4.59. The van der Waals surface area contributed by atoms with Crippen molar-refractivity contribution >= 4 is 29.3 Å². The van der Waals surface area contributed by atoms with Gasteiger partial charge in [-0.05, 0) is 42.3 Å². The summed E-state index contributed by atoms with van der Waals surface area (Å²) in [5.41, 5.74) is 3.94. The predicted molar refractivity (Wildman–Crippen MR) is 127 cm³/mol. The number of fused-ring (bicyclic) bond motifs is 2. The molecule has 0 radical (unpaired) electrons. The molecule has 2 aliphatic heterocycles. The molecule has 2 aliphatic rings. The Balaban J connectivity index is 1.33. The number of rotatable bonds is 5. The molecule has 0 spiro atoms. The second-order valence-electron chi connectivity index (χ2n) is 7.86. The van der Waals surface area contributed by atoms with Gasteiger partial charge in [0.05, 0.1) is 17.1 Å². The molecule has 3 aromatic rings. The maximum Gasteiger partial charge on any atom is 0.265 e. The number of thioether (sulfide) groups is 1. The summed E-state index contributed by atoms with van der Waals surface area (Å²) in [7, 11) is 0. The molecule has 0 aliphatic carbocycles. The lowest BCUT2D eigenvalue weighted by Crippen LogP contribution is -2.34. The summed E-state index contributed by atoms with van der Waals surface area (Å²) >= 11 is 1.32. The van der Waals surface area contributed by atoms with Crippen LogP contribution >= 0.6 is 11.8 Å². The average Bonchev–Trinajstić information content (AvgIpc) is 3.29. The maximum absolute atomic E-state index is 13.3. The molecule has 0 unspecified atom stereocenters. The van der Waals surface area contributed by atoms with Gasteiger partial charge in [-0.2, -0.15) is 0 Å². The molecule has 7 heteroatoms. The summed E-state index contributed by atoms with van der Waals surface area (Å²) in [6, 6.07) is 21.4. The van der Waals surface area contributed by atoms with Crippen LogP contribution in [0.1, 0.15) is 16.7 Å². The number of hydrogen-bond acceptors (Lipinski definition) is 5. The van der Waals surface area contributed by atoms with Crippen molar-refractivity contribution in [2.75, 3.05) is 11.7 Å². The lowest BCUT2D eigenvalue weighted by Gasteiger charge is -2.30. The van der Waals surface area contributed by atoms with E-state index >= 15 is 0 Å². The Hall–Kier alpha value is -3.71. The third-order valence-corrected chi connectivity index (χ3v) is 6.54. The van der Waals surface area contributed by atoms with Crippen LogP contribution in [0.15, 0.2) is 82.6 Å². The van der Waals surface area contributed by atoms with Crippen LogP contribution in [0.4, 0.5) is 5.69 Å². The molecule has 33 heavy (non-hydrogen) atoms. The van der Waals surface area contributed by atoms with E-state index in [9.17, 15) is 9.59 Å². The monoisotopic (exact) mass is 458 g/mol. The van der Waals surface area contributed by atoms with Crippen molar-refractivity contribution in [3.63, 3.8) is 0 Å². The summed E-state index contributed by atoms with van der Waals surface area (Å²) < 4.78 is 10.7. The van der Waals surface area contributed by atoms with Gasteiger partial charge < -0.3 is 19.7 Å². The van der Waals surface area contributed by atoms with Crippen LogP contribution < -0.4 is 19.7 Å². The molecule has 0 saturated heterocycles. The number of anilines is 1. The Morgan fingerprint density at radius 1 is 1.03 bits per heavy atom. The van der Waals surface area contributed by atoms with Gasteiger partial charge in [-0.1, -0.05) is 59.8 Å². The number of nitrogens with one attached hydrogen (secondary N) is 1. The number of nitrogens with zero attached hydrogens (tertiary/aromatic N) is 1. The fraction of sp³-hybridized carbons (Fsp3) is 0.154. The van der Waals surface area contributed by atoms with Crippen molar-refractivity contribution in [3.8, 4) is 11.5 Å². The minimum Gasteiger partial charge on any atom is -0.454 e. The quantitative estimate of drug-likeness (QED) is 0.568. The predicted octanol–water partition coefficient (Wildman–Crippen LogP) is 4.56. The Kier molecular flexibility index (Phi) is 5.79. The van der Waals surface area contributed by atoms with E-state index in [1.54, 1.807) is 4.90 Å². The summed E-state index contributed by atoms with van der Waals surface area (Å²) in [6.45, 7) is 3.00. The molecule has 5 rings (SSSR count). The highest BCUT2D eigenvalue weighted by Crippen LogP contribution is 2.41. The summed E-state index contributed by atoms with van der Waals surface area (Å²) in [4.78, 5) is 29.0. The highest BCUT2D eigenvalue weighted by atomic mass is 32.2. The number of hydrogen-bond donors (Lipinski definition) is 1. The third-order valence-electron chi connectivity index (χ3n) is 5.46. The number of aryl methyl sites for hydroxylation is 1. The fourth-order valence-corrected chi connectivity index (χ4v) is 4.74. The highest BCUT2D eigenvalue weighted by Gasteiger charge is 2.29. The number of ether oxygens (including phenoxy) is 2. The molecule has 2 heterocycles. The molecule has 0 bridgehead atoms. The fourth-order valence-electron chi connectivity index (χ4n) is 3.71. The van der Waals surface area contributed by atoms with Crippen LogP contribution in [0, 0.1) is 6.92 Å². The molecular formula is C26H22N2O4S. The van der Waals surface area contributed by atoms with E-state index in [0.717, 1.165) is 21.7 Å². The van der Waals surface area contributed by atoms with Gasteiger partial charge in [-0.3, -0.25) is 9.59 Å². The van der Waals surface area contributed by atoms with Crippen LogP contribution in [0.5, 0.6) is 11.5 Å². The van der Waals surface area contributed by atoms with E-state index in [1.165, 1.54) is 23.4 Å². The van der Waals surface area contributed by atoms with Crippen LogP contribution in [0.3, 0.4) is 0 Å². The zero-order chi connectivity index (χ0) is 22.8. The standard InChI is InChI=1S/C26H22N2O4S/c1-17-6-8-18(9-7-17)15-28-20-4-2-3-5-23(20)33-24(26(28)30)13-25(29)27-14-19-10-11-21-22(12-19)32-16-31-21/h2-13H,14-16H2,1H3,(H,27,29)/b24-13-. The SMILES string of the molecule is Cc1ccc(CN2C(=O)/C(=C/C(=O)NCc3ccc4c(c3)OCO4)Sc3ccccc32)cc1. The smallest absolute Gasteiger partial charge is 0.265 e. The summed E-state index contributed by atoms with van der Waals surface area (Å²) in [5, 5.41) is 2.86. The van der Waals surface area contributed by atoms with E-state index in [-0.39, 0.29) is 18.6 Å². The second kappa shape index (κ2) is 9.03. The van der Waals surface area contributed by atoms with Crippen molar-refractivity contribution in [2.45, 2.75) is 24.9 Å². The molecular weight excluding hydrogens is 436 g/mol. The van der Waals surface area contributed by atoms with E-state index in [1.807, 2.05) is 73.7 Å². The van der Waals surface area contributed by atoms with E-state index in [2.05, 4.69) is 5.32 Å². The lowest BCUT2D eigenvalue weighted by molar-refractivity contribution is -0.118. The normalized spacial score (nSPS) is 15.5. The van der Waals surface area contributed by atoms with Crippen LogP contribution in [-0.4, -0.2) is 18.6 Å². The van der Waals surface area contributed by atoms with Gasteiger partial charge in [-0.25, -0.2) is 0 Å². The van der Waals surface area contributed by atoms with Crippen molar-refractivity contribution in [1.82, 2.24) is 5.32 Å². The second-order valence-corrected chi connectivity index (χ2v) is 8.94. The lowest BCUT2D eigenvalue weighted by atomic mass is 10.1. The number of carbonyl (C=O) groups excluding carboxylic acids is 2. The average molecular weight is 459 g/mol. The minimum absolute atomic E-state index is 0.183. The van der Waals surface area contributed by atoms with E-state index < -0.39 is 0 Å². The van der Waals surface area contributed by atoms with Gasteiger partial charge in [0.1, 0.15) is 0 Å². The van der Waals surface area contributed by atoms with Gasteiger partial charge in [0.25, 0.3) is 5.91 Å². The van der Waals surface area contributed by atoms with E-state index in [4.69, 9.17) is 9.47 Å². The number of benzene rings is 3. The van der Waals surface area contributed by atoms with Gasteiger partial charge in [0, 0.05) is 17.5 Å². The van der Waals surface area contributed by atoms with Crippen LogP contribution in [0.2, 0.25) is 0 Å². The van der Waals surface area contributed by atoms with Crippen molar-refractivity contribution in [3.05, 3.63) is 94.4 Å². The highest BCUT2D eigenvalue weighted by molar-refractivity contribution is 8.04. The number of amides is 2. The Labute approximate surface area is 196 Å². The van der Waals surface area contributed by atoms with Gasteiger partial charge in [0.15, 0.2) is 11.5 Å². The van der Waals surface area contributed by atoms with Gasteiger partial charge in [0.2, 0.25) is 12.7 Å². The first kappa shape index (κ1) is 21.2. The molecule has 0 saturated carbocycles. The van der Waals surface area contributed by atoms with Crippen LogP contribution in [-0.2, 0) is 22.7 Å². The van der Waals surface area contributed by atoms with Crippen molar-refractivity contribution in [1.29, 1.82) is 0 Å². The molecule has 0 aromatic heterocycles. The molecule has 2 amide bonds. The zero-order valence-electron chi connectivity index (χ0n) is 18.0. The summed E-state index contributed by atoms with van der Waals surface area (Å²) in [6.07, 6.45) is 1.39. The number of carbonyl (C=O) groups is 2. The first-order chi connectivity index (χ1) is 16.1. The minimum atomic E-state index is -0.321. The van der Waals surface area contributed by atoms with Crippen LogP contribution in [0.25, 0.3) is 0 Å². The molecule has 166 valence electrons. The Morgan fingerprint density at radius 2 is 1.79 bits per heavy atom. The molecule has 1 N–H and O–H groups in total. The van der Waals surface area contributed by atoms with Gasteiger partial charge >= 0.3 is 0 Å². The Bertz CT molecular complexity index is 1250. The van der Waals surface area contributed by atoms with Crippen molar-refractivity contribution in [2.24, 2.45) is 0 Å². The maximum atomic E-state index is 13.3. The first-order valence-corrected chi connectivity index (χ1v) is 11.4. The molecule has 0 fully saturated rings. The number of para-hydroxylation sites is 1. The molecule has 3 aromatic carbocycles. The van der Waals surface area contributed by atoms with E-state index in [0.29, 0.717) is 29.5 Å².